The van der Waals surface area contributed by atoms with Crippen molar-refractivity contribution in [3.63, 3.8) is 0 Å². The Labute approximate surface area is 244 Å². The molecule has 214 valence electrons. The average Bonchev–Trinajstić information content (AvgIpc) is 3.56. The van der Waals surface area contributed by atoms with Crippen LogP contribution in [-0.2, 0) is 27.2 Å². The maximum Gasteiger partial charge on any atom is 0.292 e. The van der Waals surface area contributed by atoms with Crippen LogP contribution in [0.1, 0.15) is 25.5 Å². The number of ether oxygens (including phenoxy) is 2. The highest BCUT2D eigenvalue weighted by Gasteiger charge is 2.14. The SMILES string of the molecule is CCn1cc[n+](C)c1C([O-])=Nc1ccc(Oc2cccc(Oc3ccc(N=C([O-])c4n(CC)cc[n+]4C)cc3)c2)cc1. The van der Waals surface area contributed by atoms with Crippen molar-refractivity contribution in [1.29, 1.82) is 0 Å². The molecule has 3 aromatic carbocycles. The summed E-state index contributed by atoms with van der Waals surface area (Å²) >= 11 is 0. The molecule has 0 bridgehead atoms. The molecule has 0 saturated heterocycles. The van der Waals surface area contributed by atoms with Crippen molar-refractivity contribution in [2.24, 2.45) is 24.1 Å². The molecular weight excluding hydrogens is 532 g/mol. The van der Waals surface area contributed by atoms with Crippen LogP contribution < -0.4 is 28.8 Å². The summed E-state index contributed by atoms with van der Waals surface area (Å²) in [7, 11) is 3.65. The molecule has 0 aliphatic rings. The van der Waals surface area contributed by atoms with E-state index in [1.165, 1.54) is 0 Å². The van der Waals surface area contributed by atoms with E-state index in [0.717, 1.165) is 0 Å². The van der Waals surface area contributed by atoms with E-state index in [9.17, 15) is 10.2 Å². The fraction of sp³-hybridized carbons (Fsp3) is 0.188. The number of imidazole rings is 2. The van der Waals surface area contributed by atoms with Crippen molar-refractivity contribution in [3.05, 3.63) is 109 Å². The van der Waals surface area contributed by atoms with Gasteiger partial charge in [-0.05, 0) is 74.5 Å². The molecule has 0 N–H and O–H groups in total. The number of aryl methyl sites for hydroxylation is 4. The van der Waals surface area contributed by atoms with E-state index < -0.39 is 0 Å². The largest absolute Gasteiger partial charge is 0.853 e. The van der Waals surface area contributed by atoms with Crippen molar-refractivity contribution >= 4 is 23.2 Å². The van der Waals surface area contributed by atoms with Crippen LogP contribution in [0.25, 0.3) is 0 Å². The van der Waals surface area contributed by atoms with Crippen molar-refractivity contribution in [1.82, 2.24) is 9.13 Å². The highest BCUT2D eigenvalue weighted by Crippen LogP contribution is 2.30. The number of benzene rings is 3. The first kappa shape index (κ1) is 28.2. The van der Waals surface area contributed by atoms with Crippen molar-refractivity contribution < 1.29 is 28.8 Å². The molecule has 0 saturated carbocycles. The Hall–Kier alpha value is -5.38. The minimum atomic E-state index is -0.308. The number of aromatic nitrogens is 4. The summed E-state index contributed by atoms with van der Waals surface area (Å²) in [6, 6.07) is 21.3. The van der Waals surface area contributed by atoms with E-state index in [2.05, 4.69) is 9.98 Å². The monoisotopic (exact) mass is 564 g/mol. The van der Waals surface area contributed by atoms with Gasteiger partial charge in [-0.15, -0.1) is 0 Å². The highest BCUT2D eigenvalue weighted by atomic mass is 16.5. The Morgan fingerprint density at radius 2 is 1.05 bits per heavy atom. The first-order valence-corrected chi connectivity index (χ1v) is 13.6. The first-order chi connectivity index (χ1) is 20.3. The summed E-state index contributed by atoms with van der Waals surface area (Å²) in [5, 5.41) is 25.4. The molecule has 2 aromatic heterocycles. The van der Waals surface area contributed by atoms with Crippen molar-refractivity contribution in [3.8, 4) is 23.0 Å². The Balaban J connectivity index is 1.23. The summed E-state index contributed by atoms with van der Waals surface area (Å²) in [6.45, 7) is 5.33. The first-order valence-electron chi connectivity index (χ1n) is 13.6. The van der Waals surface area contributed by atoms with Gasteiger partial charge in [0.25, 0.3) is 11.6 Å². The van der Waals surface area contributed by atoms with Crippen molar-refractivity contribution in [2.75, 3.05) is 0 Å². The summed E-state index contributed by atoms with van der Waals surface area (Å²) < 4.78 is 19.2. The molecule has 42 heavy (non-hydrogen) atoms. The smallest absolute Gasteiger partial charge is 0.292 e. The molecule has 0 amide bonds. The summed E-state index contributed by atoms with van der Waals surface area (Å²) in [5.41, 5.74) is 1.08. The Morgan fingerprint density at radius 1 is 0.643 bits per heavy atom. The predicted molar refractivity (Wildman–Crippen MR) is 154 cm³/mol. The molecule has 0 aliphatic heterocycles. The maximum atomic E-state index is 12.7. The number of rotatable bonds is 10. The average molecular weight is 565 g/mol. The Bertz CT molecular complexity index is 1610. The Morgan fingerprint density at radius 3 is 1.43 bits per heavy atom. The second kappa shape index (κ2) is 12.4. The zero-order chi connectivity index (χ0) is 29.6. The molecule has 5 rings (SSSR count). The van der Waals surface area contributed by atoms with Gasteiger partial charge in [0, 0.05) is 6.07 Å². The van der Waals surface area contributed by atoms with Crippen LogP contribution in [0, 0.1) is 0 Å². The molecule has 10 heteroatoms. The second-order valence-corrected chi connectivity index (χ2v) is 9.54. The van der Waals surface area contributed by atoms with Gasteiger partial charge in [-0.2, -0.15) is 0 Å². The standard InChI is InChI=1S/C32H32N6O4/c1-5-37-20-18-35(3)31(37)29(39)33-23-10-14-25(15-11-23)41-27-8-7-9-28(22-27)42-26-16-12-24(13-17-26)34-30(40)32-36(4)19-21-38(32)6-2/h7-22H,5-6H2,1-4H3. The fourth-order valence-corrected chi connectivity index (χ4v) is 4.49. The van der Waals surface area contributed by atoms with E-state index in [1.54, 1.807) is 63.7 Å². The van der Waals surface area contributed by atoms with Gasteiger partial charge in [-0.3, -0.25) is 9.98 Å². The molecule has 10 nitrogen and oxygen atoms in total. The van der Waals surface area contributed by atoms with E-state index in [0.29, 0.717) is 59.1 Å². The molecule has 0 radical (unpaired) electrons. The molecule has 0 spiro atoms. The lowest BCUT2D eigenvalue weighted by molar-refractivity contribution is -0.674. The molecule has 5 aromatic rings. The molecular formula is C32H32N6O4. The van der Waals surface area contributed by atoms with Crippen LogP contribution in [0.15, 0.2) is 108 Å². The van der Waals surface area contributed by atoms with Gasteiger partial charge in [0.05, 0.1) is 50.4 Å². The lowest BCUT2D eigenvalue weighted by Crippen LogP contribution is -2.40. The van der Waals surface area contributed by atoms with Gasteiger partial charge in [-0.25, -0.2) is 18.3 Å². The maximum absolute atomic E-state index is 12.7. The Kier molecular flexibility index (Phi) is 8.33. The van der Waals surface area contributed by atoms with E-state index in [1.807, 2.05) is 80.1 Å². The van der Waals surface area contributed by atoms with E-state index in [4.69, 9.17) is 9.47 Å². The topological polar surface area (TPSA) is 107 Å². The molecule has 2 heterocycles. The van der Waals surface area contributed by atoms with Crippen LogP contribution >= 0.6 is 0 Å². The van der Waals surface area contributed by atoms with Gasteiger partial charge in [0.2, 0.25) is 0 Å². The fourth-order valence-electron chi connectivity index (χ4n) is 4.49. The number of hydrogen-bond acceptors (Lipinski definition) is 6. The predicted octanol–water partition coefficient (Wildman–Crippen LogP) is 3.44. The summed E-state index contributed by atoms with van der Waals surface area (Å²) in [6.07, 6.45) is 7.39. The number of nitrogens with zero attached hydrogens (tertiary/aromatic N) is 6. The minimum absolute atomic E-state index is 0.308. The third-order valence-corrected chi connectivity index (χ3v) is 6.63. The molecule has 0 atom stereocenters. The third-order valence-electron chi connectivity index (χ3n) is 6.63. The molecule has 0 aliphatic carbocycles. The van der Waals surface area contributed by atoms with E-state index in [-0.39, 0.29) is 11.8 Å². The minimum Gasteiger partial charge on any atom is -0.853 e. The molecule has 0 fully saturated rings. The number of hydrogen-bond donors (Lipinski definition) is 0. The quantitative estimate of drug-likeness (QED) is 0.147. The van der Waals surface area contributed by atoms with Crippen LogP contribution in [0.3, 0.4) is 0 Å². The van der Waals surface area contributed by atoms with Crippen LogP contribution in [0.2, 0.25) is 0 Å². The van der Waals surface area contributed by atoms with Crippen LogP contribution in [0.5, 0.6) is 23.0 Å². The normalized spacial score (nSPS) is 12.0. The lowest BCUT2D eigenvalue weighted by atomic mass is 10.3. The number of aliphatic imine (C=N–C) groups is 2. The zero-order valence-electron chi connectivity index (χ0n) is 24.0. The van der Waals surface area contributed by atoms with Gasteiger partial charge in [0.1, 0.15) is 47.8 Å². The zero-order valence-corrected chi connectivity index (χ0v) is 24.0. The van der Waals surface area contributed by atoms with Crippen LogP contribution in [-0.4, -0.2) is 20.9 Å². The lowest BCUT2D eigenvalue weighted by Gasteiger charge is -2.11. The van der Waals surface area contributed by atoms with Gasteiger partial charge in [0.15, 0.2) is 0 Å². The highest BCUT2D eigenvalue weighted by molar-refractivity contribution is 5.88. The van der Waals surface area contributed by atoms with Gasteiger partial charge < -0.3 is 19.7 Å². The van der Waals surface area contributed by atoms with E-state index >= 15 is 0 Å². The molecule has 0 unspecified atom stereocenters. The third kappa shape index (κ3) is 6.33. The van der Waals surface area contributed by atoms with Gasteiger partial charge in [-0.1, -0.05) is 6.07 Å². The van der Waals surface area contributed by atoms with Gasteiger partial charge >= 0.3 is 0 Å². The summed E-state index contributed by atoms with van der Waals surface area (Å²) in [5.74, 6) is 2.79. The van der Waals surface area contributed by atoms with Crippen LogP contribution in [0.4, 0.5) is 11.4 Å². The second-order valence-electron chi connectivity index (χ2n) is 9.54. The summed E-state index contributed by atoms with van der Waals surface area (Å²) in [4.78, 5) is 8.49. The van der Waals surface area contributed by atoms with Crippen molar-refractivity contribution in [2.45, 2.75) is 26.9 Å².